The summed E-state index contributed by atoms with van der Waals surface area (Å²) >= 11 is 5.44. The fourth-order valence-electron chi connectivity index (χ4n) is 1.02. The molecule has 1 rings (SSSR count). The van der Waals surface area contributed by atoms with E-state index in [1.807, 2.05) is 13.0 Å². The van der Waals surface area contributed by atoms with Gasteiger partial charge in [0.25, 0.3) is 0 Å². The maximum absolute atomic E-state index is 11.2. The van der Waals surface area contributed by atoms with Gasteiger partial charge in [0.05, 0.1) is 11.7 Å². The van der Waals surface area contributed by atoms with E-state index in [-0.39, 0.29) is 17.8 Å². The lowest BCUT2D eigenvalue weighted by molar-refractivity contribution is -0.129. The normalized spacial score (nSPS) is 12.5. The molecule has 0 radical (unpaired) electrons. The first kappa shape index (κ1) is 10.1. The lowest BCUT2D eigenvalue weighted by Gasteiger charge is -2.22. The Morgan fingerprint density at radius 2 is 2.54 bits per heavy atom. The number of rotatable bonds is 3. The first-order valence-electron chi connectivity index (χ1n) is 3.97. The maximum atomic E-state index is 11.2. The van der Waals surface area contributed by atoms with Crippen LogP contribution in [0.1, 0.15) is 18.7 Å². The fraction of sp³-hybridized carbons (Fsp3) is 0.500. The molecule has 1 N–H and O–H groups in total. The predicted molar refractivity (Wildman–Crippen MR) is 50.5 cm³/mol. The predicted octanol–water partition coefficient (Wildman–Crippen LogP) is 1.17. The molecule has 1 amide bonds. The second-order valence-electron chi connectivity index (χ2n) is 2.83. The molecule has 1 aromatic rings. The van der Waals surface area contributed by atoms with E-state index in [2.05, 4.69) is 10.2 Å². The van der Waals surface area contributed by atoms with E-state index in [4.69, 9.17) is 11.6 Å². The summed E-state index contributed by atoms with van der Waals surface area (Å²) in [5.41, 5.74) is 0.904. The molecule has 0 aliphatic heterocycles. The molecule has 1 heterocycles. The molecule has 5 heteroatoms. The number of carbonyl (C=O) groups is 1. The lowest BCUT2D eigenvalue weighted by atomic mass is 10.2. The van der Waals surface area contributed by atoms with Crippen molar-refractivity contribution in [3.8, 4) is 0 Å². The Hall–Kier alpha value is -1.03. The molecule has 0 bridgehead atoms. The highest BCUT2D eigenvalue weighted by molar-refractivity contribution is 6.27. The van der Waals surface area contributed by atoms with Crippen molar-refractivity contribution in [1.29, 1.82) is 0 Å². The molecule has 0 fully saturated rings. The van der Waals surface area contributed by atoms with Crippen molar-refractivity contribution in [1.82, 2.24) is 15.1 Å². The van der Waals surface area contributed by atoms with Gasteiger partial charge in [-0.25, -0.2) is 0 Å². The van der Waals surface area contributed by atoms with Crippen LogP contribution in [-0.2, 0) is 4.79 Å². The second-order valence-corrected chi connectivity index (χ2v) is 3.09. The molecule has 0 aliphatic rings. The zero-order valence-electron chi connectivity index (χ0n) is 7.62. The highest BCUT2D eigenvalue weighted by atomic mass is 35.5. The van der Waals surface area contributed by atoms with Crippen LogP contribution in [0.3, 0.4) is 0 Å². The minimum atomic E-state index is -0.0937. The van der Waals surface area contributed by atoms with E-state index < -0.39 is 0 Å². The van der Waals surface area contributed by atoms with Gasteiger partial charge in [0.2, 0.25) is 5.91 Å². The minimum Gasteiger partial charge on any atom is -0.336 e. The van der Waals surface area contributed by atoms with Gasteiger partial charge in [-0.05, 0) is 13.0 Å². The first-order chi connectivity index (χ1) is 6.16. The van der Waals surface area contributed by atoms with Crippen LogP contribution in [0.2, 0.25) is 0 Å². The number of H-pyrrole nitrogens is 1. The molecule has 13 heavy (non-hydrogen) atoms. The molecule has 1 aromatic heterocycles. The van der Waals surface area contributed by atoms with Crippen molar-refractivity contribution in [3.05, 3.63) is 18.0 Å². The molecule has 0 spiro atoms. The Labute approximate surface area is 81.9 Å². The number of hydrogen-bond acceptors (Lipinski definition) is 2. The molecule has 4 nitrogen and oxygen atoms in total. The van der Waals surface area contributed by atoms with Crippen LogP contribution >= 0.6 is 11.6 Å². The molecule has 1 atom stereocenters. The Morgan fingerprint density at radius 3 is 3.00 bits per heavy atom. The van der Waals surface area contributed by atoms with E-state index in [1.54, 1.807) is 18.1 Å². The molecule has 1 unspecified atom stereocenters. The summed E-state index contributed by atoms with van der Waals surface area (Å²) in [6.07, 6.45) is 1.66. The summed E-state index contributed by atoms with van der Waals surface area (Å²) < 4.78 is 0. The van der Waals surface area contributed by atoms with Crippen molar-refractivity contribution < 1.29 is 4.79 Å². The van der Waals surface area contributed by atoms with Crippen molar-refractivity contribution in [2.75, 3.05) is 12.9 Å². The summed E-state index contributed by atoms with van der Waals surface area (Å²) in [4.78, 5) is 12.8. The van der Waals surface area contributed by atoms with Gasteiger partial charge in [0.1, 0.15) is 5.88 Å². The van der Waals surface area contributed by atoms with E-state index in [1.165, 1.54) is 0 Å². The average Bonchev–Trinajstić information content (AvgIpc) is 2.67. The van der Waals surface area contributed by atoms with Gasteiger partial charge < -0.3 is 4.90 Å². The molecule has 0 aromatic carbocycles. The number of carbonyl (C=O) groups excluding carboxylic acids is 1. The zero-order valence-corrected chi connectivity index (χ0v) is 8.38. The van der Waals surface area contributed by atoms with Crippen molar-refractivity contribution in [3.63, 3.8) is 0 Å². The number of amides is 1. The third kappa shape index (κ3) is 2.21. The van der Waals surface area contributed by atoms with Crippen molar-refractivity contribution in [2.24, 2.45) is 0 Å². The van der Waals surface area contributed by atoms with Gasteiger partial charge in [-0.1, -0.05) is 0 Å². The highest BCUT2D eigenvalue weighted by Crippen LogP contribution is 2.15. The Balaban J connectivity index is 2.68. The summed E-state index contributed by atoms with van der Waals surface area (Å²) in [5, 5.41) is 6.62. The smallest absolute Gasteiger partial charge is 0.237 e. The van der Waals surface area contributed by atoms with Crippen LogP contribution in [0.5, 0.6) is 0 Å². The number of nitrogens with one attached hydrogen (secondary N) is 1. The van der Waals surface area contributed by atoms with Crippen molar-refractivity contribution in [2.45, 2.75) is 13.0 Å². The first-order valence-corrected chi connectivity index (χ1v) is 4.51. The summed E-state index contributed by atoms with van der Waals surface area (Å²) in [5.74, 6) is -0.0848. The van der Waals surface area contributed by atoms with Crippen LogP contribution in [0, 0.1) is 0 Å². The van der Waals surface area contributed by atoms with Crippen LogP contribution in [0.4, 0.5) is 0 Å². The van der Waals surface area contributed by atoms with Crippen LogP contribution in [0.25, 0.3) is 0 Å². The van der Waals surface area contributed by atoms with Crippen molar-refractivity contribution >= 4 is 17.5 Å². The molecular formula is C8H12ClN3O. The van der Waals surface area contributed by atoms with E-state index in [9.17, 15) is 4.79 Å². The zero-order chi connectivity index (χ0) is 9.84. The third-order valence-electron chi connectivity index (χ3n) is 2.06. The SMILES string of the molecule is CC(c1ccn[nH]1)N(C)C(=O)CCl. The van der Waals surface area contributed by atoms with Gasteiger partial charge in [0, 0.05) is 13.2 Å². The highest BCUT2D eigenvalue weighted by Gasteiger charge is 2.16. The standard InChI is InChI=1S/C8H12ClN3O/c1-6(7-3-4-10-11-7)12(2)8(13)5-9/h3-4,6H,5H2,1-2H3,(H,10,11). The largest absolute Gasteiger partial charge is 0.336 e. The number of alkyl halides is 1. The summed E-state index contributed by atoms with van der Waals surface area (Å²) in [6.45, 7) is 1.91. The monoisotopic (exact) mass is 201 g/mol. The average molecular weight is 202 g/mol. The molecule has 0 saturated carbocycles. The Morgan fingerprint density at radius 1 is 1.85 bits per heavy atom. The van der Waals surface area contributed by atoms with Gasteiger partial charge >= 0.3 is 0 Å². The summed E-state index contributed by atoms with van der Waals surface area (Å²) in [7, 11) is 1.72. The van der Waals surface area contributed by atoms with Gasteiger partial charge in [-0.15, -0.1) is 11.6 Å². The third-order valence-corrected chi connectivity index (χ3v) is 2.29. The lowest BCUT2D eigenvalue weighted by Crippen LogP contribution is -2.30. The number of aromatic amines is 1. The van der Waals surface area contributed by atoms with E-state index >= 15 is 0 Å². The molecule has 72 valence electrons. The molecule has 0 saturated heterocycles. The Kier molecular flexibility index (Phi) is 3.31. The number of nitrogens with zero attached hydrogens (tertiary/aromatic N) is 2. The summed E-state index contributed by atoms with van der Waals surface area (Å²) in [6, 6.07) is 1.82. The molecular weight excluding hydrogens is 190 g/mol. The Bertz CT molecular complexity index is 273. The minimum absolute atomic E-state index is 0.00891. The number of hydrogen-bond donors (Lipinski definition) is 1. The van der Waals surface area contributed by atoms with Gasteiger partial charge in [0.15, 0.2) is 0 Å². The van der Waals surface area contributed by atoms with Crippen LogP contribution in [-0.4, -0.2) is 33.9 Å². The van der Waals surface area contributed by atoms with E-state index in [0.717, 1.165) is 5.69 Å². The fourth-order valence-corrected chi connectivity index (χ4v) is 1.21. The van der Waals surface area contributed by atoms with E-state index in [0.29, 0.717) is 0 Å². The van der Waals surface area contributed by atoms with Gasteiger partial charge in [-0.3, -0.25) is 9.89 Å². The molecule has 0 aliphatic carbocycles. The number of halogens is 1. The topological polar surface area (TPSA) is 49.0 Å². The van der Waals surface area contributed by atoms with Crippen LogP contribution < -0.4 is 0 Å². The quantitative estimate of drug-likeness (QED) is 0.747. The maximum Gasteiger partial charge on any atom is 0.237 e. The number of aromatic nitrogens is 2. The van der Waals surface area contributed by atoms with Crippen LogP contribution in [0.15, 0.2) is 12.3 Å². The second kappa shape index (κ2) is 4.28. The van der Waals surface area contributed by atoms with Gasteiger partial charge in [-0.2, -0.15) is 5.10 Å².